The van der Waals surface area contributed by atoms with Gasteiger partial charge in [-0.25, -0.2) is 4.39 Å². The Morgan fingerprint density at radius 2 is 2.24 bits per heavy atom. The van der Waals surface area contributed by atoms with E-state index in [2.05, 4.69) is 4.98 Å². The maximum absolute atomic E-state index is 13.1. The van der Waals surface area contributed by atoms with Crippen molar-refractivity contribution in [1.29, 1.82) is 0 Å². The molecule has 1 aromatic carbocycles. The van der Waals surface area contributed by atoms with Crippen molar-refractivity contribution < 1.29 is 13.9 Å². The molecule has 0 atom stereocenters. The van der Waals surface area contributed by atoms with Crippen molar-refractivity contribution in [3.05, 3.63) is 35.3 Å². The molecule has 2 rings (SSSR count). The predicted molar refractivity (Wildman–Crippen MR) is 63.3 cm³/mol. The zero-order chi connectivity index (χ0) is 12.4. The van der Waals surface area contributed by atoms with Crippen LogP contribution in [0.1, 0.15) is 18.2 Å². The van der Waals surface area contributed by atoms with Crippen molar-refractivity contribution >= 4 is 16.9 Å². The third-order valence-corrected chi connectivity index (χ3v) is 2.75. The van der Waals surface area contributed by atoms with Gasteiger partial charge in [0.05, 0.1) is 13.0 Å². The molecule has 1 heterocycles. The minimum absolute atomic E-state index is 0.190. The Hall–Kier alpha value is -1.84. The highest BCUT2D eigenvalue weighted by atomic mass is 19.1. The number of rotatable bonds is 3. The van der Waals surface area contributed by atoms with Crippen LogP contribution in [0.15, 0.2) is 18.2 Å². The Labute approximate surface area is 98.6 Å². The van der Waals surface area contributed by atoms with Crippen LogP contribution >= 0.6 is 0 Å². The summed E-state index contributed by atoms with van der Waals surface area (Å²) in [5, 5.41) is 0.810. The molecule has 0 bridgehead atoms. The number of halogens is 1. The first-order valence-electron chi connectivity index (χ1n) is 5.54. The lowest BCUT2D eigenvalue weighted by Crippen LogP contribution is -2.08. The van der Waals surface area contributed by atoms with Gasteiger partial charge in [0.25, 0.3) is 0 Å². The summed E-state index contributed by atoms with van der Waals surface area (Å²) in [5.41, 5.74) is 2.51. The summed E-state index contributed by atoms with van der Waals surface area (Å²) in [6.45, 7) is 4.00. The topological polar surface area (TPSA) is 42.1 Å². The summed E-state index contributed by atoms with van der Waals surface area (Å²) in [7, 11) is 0. The first kappa shape index (κ1) is 11.6. The van der Waals surface area contributed by atoms with Crippen LogP contribution in [-0.2, 0) is 16.0 Å². The fourth-order valence-corrected chi connectivity index (χ4v) is 1.89. The molecule has 17 heavy (non-hydrogen) atoms. The number of hydrogen-bond acceptors (Lipinski definition) is 2. The Balaban J connectivity index is 2.35. The summed E-state index contributed by atoms with van der Waals surface area (Å²) in [4.78, 5) is 14.5. The molecule has 90 valence electrons. The molecule has 3 nitrogen and oxygen atoms in total. The highest BCUT2D eigenvalue weighted by Crippen LogP contribution is 2.23. The smallest absolute Gasteiger partial charge is 0.311 e. The van der Waals surface area contributed by atoms with Gasteiger partial charge in [-0.05, 0) is 37.6 Å². The second kappa shape index (κ2) is 4.57. The molecule has 1 aromatic heterocycles. The number of hydrogen-bond donors (Lipinski definition) is 1. The van der Waals surface area contributed by atoms with Crippen molar-refractivity contribution in [3.8, 4) is 0 Å². The lowest BCUT2D eigenvalue weighted by molar-refractivity contribution is -0.142. The SMILES string of the molecule is CCOC(=O)Cc1[nH]c2ccc(F)cc2c1C. The summed E-state index contributed by atoms with van der Waals surface area (Å²) in [6.07, 6.45) is 0.190. The van der Waals surface area contributed by atoms with Crippen LogP contribution in [0.3, 0.4) is 0 Å². The number of nitrogens with one attached hydrogen (secondary N) is 1. The van der Waals surface area contributed by atoms with Gasteiger partial charge < -0.3 is 9.72 Å². The molecule has 0 amide bonds. The molecule has 0 radical (unpaired) electrons. The highest BCUT2D eigenvalue weighted by Gasteiger charge is 2.12. The van der Waals surface area contributed by atoms with E-state index < -0.39 is 0 Å². The molecule has 2 aromatic rings. The molecule has 0 saturated carbocycles. The lowest BCUT2D eigenvalue weighted by Gasteiger charge is -2.00. The Bertz CT molecular complexity index is 560. The molecule has 0 aliphatic heterocycles. The summed E-state index contributed by atoms with van der Waals surface area (Å²) in [5.74, 6) is -0.551. The number of aryl methyl sites for hydroxylation is 1. The Morgan fingerprint density at radius 1 is 1.47 bits per heavy atom. The van der Waals surface area contributed by atoms with E-state index in [1.54, 1.807) is 13.0 Å². The molecular formula is C13H14FNO2. The second-order valence-electron chi connectivity index (χ2n) is 3.90. The van der Waals surface area contributed by atoms with Crippen molar-refractivity contribution in [1.82, 2.24) is 4.98 Å². The van der Waals surface area contributed by atoms with Gasteiger partial charge in [-0.15, -0.1) is 0 Å². The average Bonchev–Trinajstić information content (AvgIpc) is 2.57. The number of aromatic amines is 1. The maximum Gasteiger partial charge on any atom is 0.311 e. The van der Waals surface area contributed by atoms with Gasteiger partial charge in [0.15, 0.2) is 0 Å². The maximum atomic E-state index is 13.1. The number of ether oxygens (including phenoxy) is 1. The summed E-state index contributed by atoms with van der Waals surface area (Å²) >= 11 is 0. The van der Waals surface area contributed by atoms with Gasteiger partial charge in [-0.1, -0.05) is 0 Å². The minimum atomic E-state index is -0.276. The normalized spacial score (nSPS) is 10.8. The standard InChI is InChI=1S/C13H14FNO2/c1-3-17-13(16)7-12-8(2)10-6-9(14)4-5-11(10)15-12/h4-6,15H,3,7H2,1-2H3. The van der Waals surface area contributed by atoms with E-state index in [1.165, 1.54) is 12.1 Å². The molecule has 0 saturated heterocycles. The number of fused-ring (bicyclic) bond motifs is 1. The van der Waals surface area contributed by atoms with E-state index in [9.17, 15) is 9.18 Å². The monoisotopic (exact) mass is 235 g/mol. The van der Waals surface area contributed by atoms with Crippen LogP contribution < -0.4 is 0 Å². The number of aromatic nitrogens is 1. The van der Waals surface area contributed by atoms with Crippen molar-refractivity contribution in [3.63, 3.8) is 0 Å². The van der Waals surface area contributed by atoms with Gasteiger partial charge in [-0.3, -0.25) is 4.79 Å². The van der Waals surface area contributed by atoms with Gasteiger partial charge in [0.1, 0.15) is 5.82 Å². The molecular weight excluding hydrogens is 221 g/mol. The highest BCUT2D eigenvalue weighted by molar-refractivity contribution is 5.86. The van der Waals surface area contributed by atoms with Crippen LogP contribution in [0.25, 0.3) is 10.9 Å². The molecule has 0 fully saturated rings. The number of carbonyl (C=O) groups is 1. The van der Waals surface area contributed by atoms with Crippen LogP contribution in [-0.4, -0.2) is 17.6 Å². The fourth-order valence-electron chi connectivity index (χ4n) is 1.89. The number of benzene rings is 1. The summed E-state index contributed by atoms with van der Waals surface area (Å²) in [6, 6.07) is 4.54. The predicted octanol–water partition coefficient (Wildman–Crippen LogP) is 2.72. The second-order valence-corrected chi connectivity index (χ2v) is 3.90. The van der Waals surface area contributed by atoms with Crippen LogP contribution in [0.4, 0.5) is 4.39 Å². The van der Waals surface area contributed by atoms with Crippen molar-refractivity contribution in [2.45, 2.75) is 20.3 Å². The Kier molecular flexibility index (Phi) is 3.13. The van der Waals surface area contributed by atoms with E-state index in [0.29, 0.717) is 6.61 Å². The minimum Gasteiger partial charge on any atom is -0.466 e. The van der Waals surface area contributed by atoms with Crippen LogP contribution in [0.2, 0.25) is 0 Å². The van der Waals surface area contributed by atoms with E-state index in [-0.39, 0.29) is 18.2 Å². The number of H-pyrrole nitrogens is 1. The van der Waals surface area contributed by atoms with E-state index >= 15 is 0 Å². The van der Waals surface area contributed by atoms with Crippen LogP contribution in [0.5, 0.6) is 0 Å². The zero-order valence-corrected chi connectivity index (χ0v) is 9.84. The first-order chi connectivity index (χ1) is 8.11. The molecule has 1 N–H and O–H groups in total. The quantitative estimate of drug-likeness (QED) is 0.831. The van der Waals surface area contributed by atoms with E-state index in [4.69, 9.17) is 4.74 Å². The number of carbonyl (C=O) groups excluding carboxylic acids is 1. The van der Waals surface area contributed by atoms with Crippen molar-refractivity contribution in [2.75, 3.05) is 6.61 Å². The lowest BCUT2D eigenvalue weighted by atomic mass is 10.1. The van der Waals surface area contributed by atoms with Crippen LogP contribution in [0, 0.1) is 12.7 Å². The Morgan fingerprint density at radius 3 is 2.94 bits per heavy atom. The van der Waals surface area contributed by atoms with Gasteiger partial charge in [0.2, 0.25) is 0 Å². The van der Waals surface area contributed by atoms with Crippen molar-refractivity contribution in [2.24, 2.45) is 0 Å². The third kappa shape index (κ3) is 2.30. The largest absolute Gasteiger partial charge is 0.466 e. The average molecular weight is 235 g/mol. The molecule has 0 unspecified atom stereocenters. The molecule has 0 aliphatic rings. The third-order valence-electron chi connectivity index (χ3n) is 2.75. The van der Waals surface area contributed by atoms with E-state index in [0.717, 1.165) is 22.2 Å². The molecule has 0 spiro atoms. The van der Waals surface area contributed by atoms with Gasteiger partial charge >= 0.3 is 5.97 Å². The number of esters is 1. The zero-order valence-electron chi connectivity index (χ0n) is 9.84. The molecule has 0 aliphatic carbocycles. The van der Waals surface area contributed by atoms with E-state index in [1.807, 2.05) is 6.92 Å². The first-order valence-corrected chi connectivity index (χ1v) is 5.54. The molecule has 4 heteroatoms. The van der Waals surface area contributed by atoms with Gasteiger partial charge in [0, 0.05) is 16.6 Å². The fraction of sp³-hybridized carbons (Fsp3) is 0.308. The summed E-state index contributed by atoms with van der Waals surface area (Å²) < 4.78 is 18.0. The van der Waals surface area contributed by atoms with Gasteiger partial charge in [-0.2, -0.15) is 0 Å².